The third-order valence-electron chi connectivity index (χ3n) is 5.42. The Bertz CT molecular complexity index is 349. The molecule has 27 heavy (non-hydrogen) atoms. The van der Waals surface area contributed by atoms with E-state index in [0.717, 1.165) is 45.3 Å². The van der Waals surface area contributed by atoms with Gasteiger partial charge < -0.3 is 9.47 Å². The van der Waals surface area contributed by atoms with E-state index >= 15 is 0 Å². The number of hydrogen-bond acceptors (Lipinski definition) is 2. The van der Waals surface area contributed by atoms with E-state index in [1.54, 1.807) is 0 Å². The maximum Gasteiger partial charge on any atom is 0.157 e. The average Bonchev–Trinajstić information content (AvgIpc) is 2.70. The summed E-state index contributed by atoms with van der Waals surface area (Å²) in [6.45, 7) is 3.98. The van der Waals surface area contributed by atoms with Crippen LogP contribution in [-0.2, 0) is 9.47 Å². The van der Waals surface area contributed by atoms with Crippen LogP contribution in [0.2, 0.25) is 0 Å². The van der Waals surface area contributed by atoms with Gasteiger partial charge in [0.25, 0.3) is 0 Å². The van der Waals surface area contributed by atoms with Gasteiger partial charge in [-0.3, -0.25) is 0 Å². The van der Waals surface area contributed by atoms with Crippen LogP contribution in [0, 0.1) is 11.8 Å². The Labute approximate surface area is 170 Å². The molecule has 2 heteroatoms. The van der Waals surface area contributed by atoms with E-state index in [9.17, 15) is 0 Å². The molecule has 1 saturated heterocycles. The molecule has 0 aliphatic carbocycles. The van der Waals surface area contributed by atoms with Crippen LogP contribution in [-0.4, -0.2) is 19.5 Å². The highest BCUT2D eigenvalue weighted by Crippen LogP contribution is 2.14. The molecule has 1 atom stereocenters. The van der Waals surface area contributed by atoms with E-state index in [1.165, 1.54) is 89.9 Å². The van der Waals surface area contributed by atoms with Crippen molar-refractivity contribution in [3.05, 3.63) is 0 Å². The van der Waals surface area contributed by atoms with Crippen LogP contribution in [0.1, 0.15) is 129 Å². The van der Waals surface area contributed by atoms with Crippen LogP contribution in [0.25, 0.3) is 0 Å². The third kappa shape index (κ3) is 17.3. The van der Waals surface area contributed by atoms with Crippen molar-refractivity contribution in [2.75, 3.05) is 13.2 Å². The van der Waals surface area contributed by atoms with Gasteiger partial charge in [0.15, 0.2) is 6.29 Å². The Morgan fingerprint density at radius 3 is 1.81 bits per heavy atom. The summed E-state index contributed by atoms with van der Waals surface area (Å²) in [7, 11) is 0. The zero-order valence-electron chi connectivity index (χ0n) is 18.2. The van der Waals surface area contributed by atoms with Gasteiger partial charge in [0.1, 0.15) is 0 Å². The summed E-state index contributed by atoms with van der Waals surface area (Å²) in [4.78, 5) is 0. The monoisotopic (exact) mass is 378 g/mol. The highest BCUT2D eigenvalue weighted by Gasteiger charge is 2.12. The SMILES string of the molecule is CCCCCCCCCCCCCCC#CCCCCOC1CCCCO1. The molecule has 2 nitrogen and oxygen atoms in total. The number of hydrogen-bond donors (Lipinski definition) is 0. The second kappa shape index (κ2) is 20.2. The molecule has 0 bridgehead atoms. The molecule has 0 radical (unpaired) electrons. The van der Waals surface area contributed by atoms with Crippen molar-refractivity contribution in [3.8, 4) is 11.8 Å². The van der Waals surface area contributed by atoms with Gasteiger partial charge in [-0.1, -0.05) is 77.6 Å². The van der Waals surface area contributed by atoms with Crippen LogP contribution in [0.15, 0.2) is 0 Å². The first kappa shape index (κ1) is 24.5. The van der Waals surface area contributed by atoms with Gasteiger partial charge >= 0.3 is 0 Å². The molecular weight excluding hydrogens is 332 g/mol. The van der Waals surface area contributed by atoms with E-state index in [1.807, 2.05) is 0 Å². The first-order chi connectivity index (χ1) is 13.4. The van der Waals surface area contributed by atoms with Gasteiger partial charge in [0.2, 0.25) is 0 Å². The van der Waals surface area contributed by atoms with E-state index < -0.39 is 0 Å². The second-order valence-electron chi connectivity index (χ2n) is 8.12. The van der Waals surface area contributed by atoms with Gasteiger partial charge in [0, 0.05) is 26.1 Å². The van der Waals surface area contributed by atoms with Crippen molar-refractivity contribution in [2.24, 2.45) is 0 Å². The lowest BCUT2D eigenvalue weighted by molar-refractivity contribution is -0.162. The van der Waals surface area contributed by atoms with Crippen molar-refractivity contribution in [1.82, 2.24) is 0 Å². The van der Waals surface area contributed by atoms with Crippen LogP contribution in [0.4, 0.5) is 0 Å². The Hall–Kier alpha value is -0.520. The van der Waals surface area contributed by atoms with Crippen molar-refractivity contribution in [1.29, 1.82) is 0 Å². The van der Waals surface area contributed by atoms with Crippen molar-refractivity contribution in [3.63, 3.8) is 0 Å². The lowest BCUT2D eigenvalue weighted by Crippen LogP contribution is -2.22. The third-order valence-corrected chi connectivity index (χ3v) is 5.42. The smallest absolute Gasteiger partial charge is 0.157 e. The molecule has 0 N–H and O–H groups in total. The summed E-state index contributed by atoms with van der Waals surface area (Å²) < 4.78 is 11.3. The van der Waals surface area contributed by atoms with Crippen LogP contribution in [0.3, 0.4) is 0 Å². The number of unbranched alkanes of at least 4 members (excludes halogenated alkanes) is 14. The van der Waals surface area contributed by atoms with E-state index in [-0.39, 0.29) is 6.29 Å². The first-order valence-electron chi connectivity index (χ1n) is 12.1. The maximum absolute atomic E-state index is 5.74. The molecule has 1 heterocycles. The molecule has 1 fully saturated rings. The quantitative estimate of drug-likeness (QED) is 0.190. The number of rotatable bonds is 17. The summed E-state index contributed by atoms with van der Waals surface area (Å²) in [5.74, 6) is 6.67. The molecule has 1 aliphatic rings. The minimum Gasteiger partial charge on any atom is -0.353 e. The van der Waals surface area contributed by atoms with Gasteiger partial charge in [-0.2, -0.15) is 0 Å². The fourth-order valence-corrected chi connectivity index (χ4v) is 3.60. The van der Waals surface area contributed by atoms with Crippen molar-refractivity contribution < 1.29 is 9.47 Å². The molecule has 0 aromatic rings. The standard InChI is InChI=1S/C25H46O2/c1-2-3-4-5-6-7-8-9-10-11-12-13-14-15-16-17-18-20-23-26-25-22-19-21-24-27-25/h25H,2-14,17-24H2,1H3. The van der Waals surface area contributed by atoms with Gasteiger partial charge in [-0.15, -0.1) is 11.8 Å². The molecule has 0 amide bonds. The Morgan fingerprint density at radius 2 is 1.26 bits per heavy atom. The molecule has 1 unspecified atom stereocenters. The molecule has 1 aliphatic heterocycles. The predicted molar refractivity (Wildman–Crippen MR) is 117 cm³/mol. The fourth-order valence-electron chi connectivity index (χ4n) is 3.60. The topological polar surface area (TPSA) is 18.5 Å². The summed E-state index contributed by atoms with van der Waals surface area (Å²) >= 11 is 0. The first-order valence-corrected chi connectivity index (χ1v) is 12.1. The Kier molecular flexibility index (Phi) is 18.4. The van der Waals surface area contributed by atoms with Gasteiger partial charge in [-0.25, -0.2) is 0 Å². The second-order valence-corrected chi connectivity index (χ2v) is 8.12. The molecule has 1 rings (SSSR count). The fraction of sp³-hybridized carbons (Fsp3) is 0.920. The average molecular weight is 379 g/mol. The molecule has 0 aromatic heterocycles. The van der Waals surface area contributed by atoms with Crippen molar-refractivity contribution in [2.45, 2.75) is 135 Å². The minimum absolute atomic E-state index is 0.0654. The zero-order valence-corrected chi connectivity index (χ0v) is 18.2. The molecule has 0 aromatic carbocycles. The molecular formula is C25H46O2. The highest BCUT2D eigenvalue weighted by atomic mass is 16.7. The number of ether oxygens (including phenoxy) is 2. The van der Waals surface area contributed by atoms with Crippen LogP contribution in [0.5, 0.6) is 0 Å². The summed E-state index contributed by atoms with van der Waals surface area (Å²) in [5.41, 5.74) is 0. The minimum atomic E-state index is 0.0654. The van der Waals surface area contributed by atoms with E-state index in [2.05, 4.69) is 18.8 Å². The van der Waals surface area contributed by atoms with Gasteiger partial charge in [-0.05, 0) is 38.5 Å². The Balaban J connectivity index is 1.71. The van der Waals surface area contributed by atoms with Gasteiger partial charge in [0.05, 0.1) is 0 Å². The largest absolute Gasteiger partial charge is 0.353 e. The molecule has 0 saturated carbocycles. The summed E-state index contributed by atoms with van der Waals surface area (Å²) in [6, 6.07) is 0. The van der Waals surface area contributed by atoms with Crippen molar-refractivity contribution >= 4 is 0 Å². The lowest BCUT2D eigenvalue weighted by atomic mass is 10.0. The summed E-state index contributed by atoms with van der Waals surface area (Å²) in [6.07, 6.45) is 24.9. The van der Waals surface area contributed by atoms with E-state index in [4.69, 9.17) is 9.47 Å². The molecule has 0 spiro atoms. The van der Waals surface area contributed by atoms with E-state index in [0.29, 0.717) is 0 Å². The zero-order chi connectivity index (χ0) is 19.3. The predicted octanol–water partition coefficient (Wildman–Crippen LogP) is 7.79. The Morgan fingerprint density at radius 1 is 0.704 bits per heavy atom. The highest BCUT2D eigenvalue weighted by molar-refractivity contribution is 4.98. The molecule has 158 valence electrons. The maximum atomic E-state index is 5.74. The van der Waals surface area contributed by atoms with Crippen LogP contribution < -0.4 is 0 Å². The lowest BCUT2D eigenvalue weighted by Gasteiger charge is -2.22. The normalized spacial score (nSPS) is 16.9. The summed E-state index contributed by atoms with van der Waals surface area (Å²) in [5, 5.41) is 0. The van der Waals surface area contributed by atoms with Crippen LogP contribution >= 0.6 is 0 Å².